The summed E-state index contributed by atoms with van der Waals surface area (Å²) >= 11 is 3.53. The maximum Gasteiger partial charge on any atom is 0.0909 e. The Balaban J connectivity index is 2.46. The fraction of sp³-hybridized carbons (Fsp3) is 0.333. The van der Waals surface area contributed by atoms with Crippen molar-refractivity contribution in [2.24, 2.45) is 5.73 Å². The fourth-order valence-electron chi connectivity index (χ4n) is 1.90. The monoisotopic (exact) mass is 294 g/mol. The minimum Gasteiger partial charge on any atom is -0.328 e. The summed E-state index contributed by atoms with van der Waals surface area (Å²) in [7, 11) is 0. The Morgan fingerprint density at radius 2 is 2.24 bits per heavy atom. The Labute approximate surface area is 109 Å². The molecule has 17 heavy (non-hydrogen) atoms. The molecule has 5 heteroatoms. The van der Waals surface area contributed by atoms with Gasteiger partial charge in [0.1, 0.15) is 0 Å². The number of nitrogens with two attached hydrogens (primary N) is 1. The van der Waals surface area contributed by atoms with Crippen LogP contribution >= 0.6 is 15.9 Å². The second kappa shape index (κ2) is 4.98. The van der Waals surface area contributed by atoms with E-state index in [2.05, 4.69) is 26.0 Å². The largest absolute Gasteiger partial charge is 0.328 e. The number of halogens is 1. The van der Waals surface area contributed by atoms with Gasteiger partial charge in [-0.1, -0.05) is 6.07 Å². The van der Waals surface area contributed by atoms with Gasteiger partial charge in [-0.2, -0.15) is 5.10 Å². The van der Waals surface area contributed by atoms with Crippen LogP contribution in [0.25, 0.3) is 0 Å². The van der Waals surface area contributed by atoms with Gasteiger partial charge in [-0.3, -0.25) is 9.67 Å². The Bertz CT molecular complexity index is 507. The maximum absolute atomic E-state index is 5.86. The Morgan fingerprint density at radius 3 is 2.71 bits per heavy atom. The lowest BCUT2D eigenvalue weighted by atomic mass is 10.1. The molecule has 2 aromatic heterocycles. The first-order valence-corrected chi connectivity index (χ1v) is 6.25. The minimum absolute atomic E-state index is 0.0358. The number of hydrogen-bond donors (Lipinski definition) is 1. The summed E-state index contributed by atoms with van der Waals surface area (Å²) in [6.07, 6.45) is 3.59. The van der Waals surface area contributed by atoms with E-state index in [4.69, 9.17) is 5.73 Å². The zero-order valence-corrected chi connectivity index (χ0v) is 11.5. The van der Waals surface area contributed by atoms with Crippen molar-refractivity contribution >= 4 is 15.9 Å². The number of hydrogen-bond acceptors (Lipinski definition) is 3. The third-order valence-electron chi connectivity index (χ3n) is 2.82. The number of aromatic nitrogens is 3. The summed E-state index contributed by atoms with van der Waals surface area (Å²) in [5, 5.41) is 4.52. The molecule has 1 atom stereocenters. The van der Waals surface area contributed by atoms with Gasteiger partial charge < -0.3 is 5.73 Å². The molecule has 0 aromatic carbocycles. The molecule has 2 rings (SSSR count). The molecule has 2 heterocycles. The molecule has 4 nitrogen and oxygen atoms in total. The molecule has 0 bridgehead atoms. The molecule has 0 fully saturated rings. The van der Waals surface area contributed by atoms with Gasteiger partial charge in [-0.25, -0.2) is 0 Å². The molecule has 2 aromatic rings. The molecule has 0 radical (unpaired) electrons. The lowest BCUT2D eigenvalue weighted by molar-refractivity contribution is 0.515. The number of nitrogens with zero attached hydrogens (tertiary/aromatic N) is 3. The zero-order chi connectivity index (χ0) is 12.4. The summed E-state index contributed by atoms with van der Waals surface area (Å²) in [5.74, 6) is 0. The van der Waals surface area contributed by atoms with Crippen molar-refractivity contribution in [1.82, 2.24) is 14.8 Å². The van der Waals surface area contributed by atoms with E-state index in [1.54, 1.807) is 6.20 Å². The molecular formula is C12H15BrN4. The van der Waals surface area contributed by atoms with E-state index in [0.29, 0.717) is 6.54 Å². The summed E-state index contributed by atoms with van der Waals surface area (Å²) < 4.78 is 3.00. The first-order valence-electron chi connectivity index (χ1n) is 5.46. The molecule has 0 saturated heterocycles. The topological polar surface area (TPSA) is 56.7 Å². The molecule has 0 spiro atoms. The second-order valence-electron chi connectivity index (χ2n) is 3.97. The second-order valence-corrected chi connectivity index (χ2v) is 4.76. The predicted molar refractivity (Wildman–Crippen MR) is 70.8 cm³/mol. The highest BCUT2D eigenvalue weighted by Crippen LogP contribution is 2.25. The summed E-state index contributed by atoms with van der Waals surface area (Å²) in [5.41, 5.74) is 9.00. The standard InChI is InChI=1S/C12H15BrN4/c1-8-12(13)9(2)17(16-8)11(6-14)10-4-3-5-15-7-10/h3-5,7,11H,6,14H2,1-2H3. The molecule has 0 aliphatic rings. The highest BCUT2D eigenvalue weighted by Gasteiger charge is 2.18. The van der Waals surface area contributed by atoms with E-state index in [9.17, 15) is 0 Å². The smallest absolute Gasteiger partial charge is 0.0909 e. The highest BCUT2D eigenvalue weighted by molar-refractivity contribution is 9.10. The van der Waals surface area contributed by atoms with Crippen molar-refractivity contribution in [2.45, 2.75) is 19.9 Å². The summed E-state index contributed by atoms with van der Waals surface area (Å²) in [6.45, 7) is 4.51. The van der Waals surface area contributed by atoms with E-state index in [-0.39, 0.29) is 6.04 Å². The molecule has 0 aliphatic carbocycles. The van der Waals surface area contributed by atoms with Crippen molar-refractivity contribution < 1.29 is 0 Å². The fourth-order valence-corrected chi connectivity index (χ4v) is 2.16. The Hall–Kier alpha value is -1.20. The lowest BCUT2D eigenvalue weighted by Gasteiger charge is -2.17. The van der Waals surface area contributed by atoms with E-state index in [1.165, 1.54) is 0 Å². The van der Waals surface area contributed by atoms with Crippen molar-refractivity contribution in [3.63, 3.8) is 0 Å². The Kier molecular flexibility index (Phi) is 3.59. The number of aryl methyl sites for hydroxylation is 1. The lowest BCUT2D eigenvalue weighted by Crippen LogP contribution is -2.22. The Morgan fingerprint density at radius 1 is 1.47 bits per heavy atom. The predicted octanol–water partition coefficient (Wildman–Crippen LogP) is 2.21. The van der Waals surface area contributed by atoms with Crippen molar-refractivity contribution in [2.75, 3.05) is 6.54 Å². The molecule has 1 unspecified atom stereocenters. The maximum atomic E-state index is 5.86. The zero-order valence-electron chi connectivity index (χ0n) is 9.89. The third kappa shape index (κ3) is 2.25. The van der Waals surface area contributed by atoms with Crippen LogP contribution in [0.5, 0.6) is 0 Å². The average Bonchev–Trinajstić information content (AvgIpc) is 2.60. The third-order valence-corrected chi connectivity index (χ3v) is 3.97. The van der Waals surface area contributed by atoms with Gasteiger partial charge in [0.15, 0.2) is 0 Å². The van der Waals surface area contributed by atoms with Gasteiger partial charge in [-0.15, -0.1) is 0 Å². The molecule has 90 valence electrons. The summed E-state index contributed by atoms with van der Waals surface area (Å²) in [6, 6.07) is 3.97. The minimum atomic E-state index is 0.0358. The van der Waals surface area contributed by atoms with Crippen LogP contribution in [0.15, 0.2) is 29.0 Å². The molecular weight excluding hydrogens is 280 g/mol. The van der Waals surface area contributed by atoms with Crippen LogP contribution in [0.2, 0.25) is 0 Å². The normalized spacial score (nSPS) is 12.7. The van der Waals surface area contributed by atoms with Crippen LogP contribution < -0.4 is 5.73 Å². The van der Waals surface area contributed by atoms with Gasteiger partial charge in [0.05, 0.1) is 21.9 Å². The molecule has 0 aliphatic heterocycles. The average molecular weight is 295 g/mol. The van der Waals surface area contributed by atoms with E-state index in [1.807, 2.05) is 36.9 Å². The van der Waals surface area contributed by atoms with E-state index < -0.39 is 0 Å². The van der Waals surface area contributed by atoms with E-state index >= 15 is 0 Å². The van der Waals surface area contributed by atoms with Gasteiger partial charge >= 0.3 is 0 Å². The molecule has 0 saturated carbocycles. The number of pyridine rings is 1. The van der Waals surface area contributed by atoms with E-state index in [0.717, 1.165) is 21.4 Å². The quantitative estimate of drug-likeness (QED) is 0.944. The van der Waals surface area contributed by atoms with Crippen LogP contribution in [-0.2, 0) is 0 Å². The molecule has 0 amide bonds. The van der Waals surface area contributed by atoms with Crippen LogP contribution in [0, 0.1) is 13.8 Å². The van der Waals surface area contributed by atoms with Crippen molar-refractivity contribution in [1.29, 1.82) is 0 Å². The SMILES string of the molecule is Cc1nn(C(CN)c2cccnc2)c(C)c1Br. The van der Waals surface area contributed by atoms with Gasteiger partial charge in [0.25, 0.3) is 0 Å². The van der Waals surface area contributed by atoms with Crippen molar-refractivity contribution in [3.8, 4) is 0 Å². The summed E-state index contributed by atoms with van der Waals surface area (Å²) in [4.78, 5) is 4.13. The van der Waals surface area contributed by atoms with Crippen LogP contribution in [0.3, 0.4) is 0 Å². The van der Waals surface area contributed by atoms with Crippen molar-refractivity contribution in [3.05, 3.63) is 46.0 Å². The van der Waals surface area contributed by atoms with Crippen LogP contribution in [-0.4, -0.2) is 21.3 Å². The number of rotatable bonds is 3. The first kappa shape index (κ1) is 12.3. The highest BCUT2D eigenvalue weighted by atomic mass is 79.9. The van der Waals surface area contributed by atoms with Gasteiger partial charge in [0, 0.05) is 18.9 Å². The van der Waals surface area contributed by atoms with Crippen LogP contribution in [0.1, 0.15) is 23.0 Å². The molecule has 2 N–H and O–H groups in total. The van der Waals surface area contributed by atoms with Crippen LogP contribution in [0.4, 0.5) is 0 Å². The van der Waals surface area contributed by atoms with Gasteiger partial charge in [0.2, 0.25) is 0 Å². The first-order chi connectivity index (χ1) is 8.15. The van der Waals surface area contributed by atoms with Gasteiger partial charge in [-0.05, 0) is 41.4 Å².